The topological polar surface area (TPSA) is 52.1 Å². The Bertz CT molecular complexity index is 546. The summed E-state index contributed by atoms with van der Waals surface area (Å²) in [6.07, 6.45) is 2.56. The summed E-state index contributed by atoms with van der Waals surface area (Å²) in [6, 6.07) is 8.80. The number of rotatable bonds is 9. The number of ether oxygens (including phenoxy) is 1. The number of aliphatic imine (C=N–C) groups is 1. The van der Waals surface area contributed by atoms with E-state index in [0.29, 0.717) is 6.04 Å². The molecule has 0 aliphatic carbocycles. The molecule has 0 bridgehead atoms. The molecule has 1 aliphatic rings. The van der Waals surface area contributed by atoms with E-state index in [1.54, 1.807) is 7.11 Å². The van der Waals surface area contributed by atoms with Crippen LogP contribution in [0.2, 0.25) is 0 Å². The lowest BCUT2D eigenvalue weighted by atomic mass is 10.1. The Hall–Kier alpha value is -1.06. The first kappa shape index (κ1) is 24.0. The number of nitrogens with zero attached hydrogens (tertiary/aromatic N) is 3. The molecule has 0 aromatic heterocycles. The van der Waals surface area contributed by atoms with Gasteiger partial charge in [-0.05, 0) is 57.2 Å². The zero-order chi connectivity index (χ0) is 18.8. The minimum absolute atomic E-state index is 0. The van der Waals surface area contributed by atoms with E-state index in [9.17, 15) is 0 Å². The van der Waals surface area contributed by atoms with Crippen LogP contribution in [0.4, 0.5) is 0 Å². The zero-order valence-electron chi connectivity index (χ0n) is 17.2. The van der Waals surface area contributed by atoms with Gasteiger partial charge in [0, 0.05) is 26.7 Å². The minimum atomic E-state index is 0. The highest BCUT2D eigenvalue weighted by atomic mass is 127. The molecule has 1 aromatic rings. The Morgan fingerprint density at radius 1 is 1.22 bits per heavy atom. The van der Waals surface area contributed by atoms with Crippen LogP contribution >= 0.6 is 24.0 Å². The molecular formula is C20H36IN5O. The first-order valence-corrected chi connectivity index (χ1v) is 9.69. The van der Waals surface area contributed by atoms with Crippen molar-refractivity contribution in [2.75, 3.05) is 60.5 Å². The van der Waals surface area contributed by atoms with Crippen molar-refractivity contribution in [3.8, 4) is 5.75 Å². The van der Waals surface area contributed by atoms with Crippen LogP contribution in [0, 0.1) is 0 Å². The van der Waals surface area contributed by atoms with Crippen LogP contribution in [0.3, 0.4) is 0 Å². The van der Waals surface area contributed by atoms with Gasteiger partial charge in [0.15, 0.2) is 5.96 Å². The van der Waals surface area contributed by atoms with E-state index >= 15 is 0 Å². The first-order valence-electron chi connectivity index (χ1n) is 9.69. The van der Waals surface area contributed by atoms with E-state index in [4.69, 9.17) is 4.74 Å². The number of nitrogens with one attached hydrogen (secondary N) is 2. The number of likely N-dealkylation sites (tertiary alicyclic amines) is 1. The molecule has 1 saturated heterocycles. The Morgan fingerprint density at radius 3 is 2.44 bits per heavy atom. The molecule has 0 amide bonds. The summed E-state index contributed by atoms with van der Waals surface area (Å²) >= 11 is 0. The third-order valence-electron chi connectivity index (χ3n) is 5.09. The molecule has 0 saturated carbocycles. The molecule has 6 nitrogen and oxygen atoms in total. The van der Waals surface area contributed by atoms with Crippen molar-refractivity contribution in [1.82, 2.24) is 20.4 Å². The molecule has 2 rings (SSSR count). The Kier molecular flexibility index (Phi) is 11.7. The summed E-state index contributed by atoms with van der Waals surface area (Å²) in [6.45, 7) is 8.28. The van der Waals surface area contributed by atoms with Crippen LogP contribution in [0.15, 0.2) is 29.3 Å². The Balaban J connectivity index is 0.00000364. The number of benzene rings is 1. The SMILES string of the molecule is CCN(C)CCNC(=NC)NCC(c1ccc(OC)cc1)N1CCCC1.I. The molecule has 1 aliphatic heterocycles. The van der Waals surface area contributed by atoms with Gasteiger partial charge in [-0.25, -0.2) is 0 Å². The predicted octanol–water partition coefficient (Wildman–Crippen LogP) is 2.57. The van der Waals surface area contributed by atoms with Crippen molar-refractivity contribution in [2.24, 2.45) is 4.99 Å². The van der Waals surface area contributed by atoms with Gasteiger partial charge in [0.05, 0.1) is 13.2 Å². The van der Waals surface area contributed by atoms with Crippen LogP contribution in [0.25, 0.3) is 0 Å². The monoisotopic (exact) mass is 489 g/mol. The van der Waals surface area contributed by atoms with Crippen LogP contribution in [-0.2, 0) is 0 Å². The maximum atomic E-state index is 5.30. The third-order valence-corrected chi connectivity index (χ3v) is 5.09. The largest absolute Gasteiger partial charge is 0.497 e. The van der Waals surface area contributed by atoms with Gasteiger partial charge in [-0.3, -0.25) is 9.89 Å². The van der Waals surface area contributed by atoms with Gasteiger partial charge in [-0.1, -0.05) is 19.1 Å². The molecule has 27 heavy (non-hydrogen) atoms. The number of likely N-dealkylation sites (N-methyl/N-ethyl adjacent to an activating group) is 1. The molecule has 0 spiro atoms. The summed E-state index contributed by atoms with van der Waals surface area (Å²) in [5, 5.41) is 6.92. The maximum Gasteiger partial charge on any atom is 0.191 e. The van der Waals surface area contributed by atoms with Crippen molar-refractivity contribution < 1.29 is 4.74 Å². The molecule has 1 fully saturated rings. The second-order valence-electron chi connectivity index (χ2n) is 6.81. The lowest BCUT2D eigenvalue weighted by Gasteiger charge is -2.29. The van der Waals surface area contributed by atoms with Crippen molar-refractivity contribution in [2.45, 2.75) is 25.8 Å². The highest BCUT2D eigenvalue weighted by Crippen LogP contribution is 2.26. The standard InChI is InChI=1S/C20H35N5O.HI/c1-5-24(3)15-12-22-20(21-2)23-16-19(25-13-6-7-14-25)17-8-10-18(26-4)11-9-17;/h8-11,19H,5-7,12-16H2,1-4H3,(H2,21,22,23);1H. The summed E-state index contributed by atoms with van der Waals surface area (Å²) < 4.78 is 5.30. The van der Waals surface area contributed by atoms with Crippen molar-refractivity contribution in [1.29, 1.82) is 0 Å². The number of methoxy groups -OCH3 is 1. The fourth-order valence-electron chi connectivity index (χ4n) is 3.27. The second-order valence-corrected chi connectivity index (χ2v) is 6.81. The first-order chi connectivity index (χ1) is 12.7. The van der Waals surface area contributed by atoms with Gasteiger partial charge in [-0.2, -0.15) is 0 Å². The van der Waals surface area contributed by atoms with E-state index < -0.39 is 0 Å². The van der Waals surface area contributed by atoms with Crippen molar-refractivity contribution >= 4 is 29.9 Å². The van der Waals surface area contributed by atoms with E-state index in [0.717, 1.165) is 51.0 Å². The van der Waals surface area contributed by atoms with Gasteiger partial charge in [0.25, 0.3) is 0 Å². The average molecular weight is 489 g/mol. The van der Waals surface area contributed by atoms with E-state index in [2.05, 4.69) is 51.5 Å². The smallest absolute Gasteiger partial charge is 0.191 e. The van der Waals surface area contributed by atoms with Gasteiger partial charge in [-0.15, -0.1) is 24.0 Å². The number of hydrogen-bond donors (Lipinski definition) is 2. The van der Waals surface area contributed by atoms with Crippen molar-refractivity contribution in [3.63, 3.8) is 0 Å². The van der Waals surface area contributed by atoms with Gasteiger partial charge in [0.1, 0.15) is 5.75 Å². The highest BCUT2D eigenvalue weighted by Gasteiger charge is 2.23. The normalized spacial score (nSPS) is 16.1. The van der Waals surface area contributed by atoms with Crippen LogP contribution in [0.5, 0.6) is 5.75 Å². The van der Waals surface area contributed by atoms with E-state index in [1.165, 1.54) is 18.4 Å². The van der Waals surface area contributed by atoms with Gasteiger partial charge in [0.2, 0.25) is 0 Å². The molecule has 1 atom stereocenters. The van der Waals surface area contributed by atoms with Crippen LogP contribution < -0.4 is 15.4 Å². The van der Waals surface area contributed by atoms with Crippen LogP contribution in [-0.4, -0.2) is 76.2 Å². The summed E-state index contributed by atoms with van der Waals surface area (Å²) in [4.78, 5) is 9.21. The summed E-state index contributed by atoms with van der Waals surface area (Å²) in [5.74, 6) is 1.77. The quantitative estimate of drug-likeness (QED) is 0.317. The fraction of sp³-hybridized carbons (Fsp3) is 0.650. The second kappa shape index (κ2) is 13.2. The fourth-order valence-corrected chi connectivity index (χ4v) is 3.27. The maximum absolute atomic E-state index is 5.30. The van der Waals surface area contributed by atoms with Crippen molar-refractivity contribution in [3.05, 3.63) is 29.8 Å². The van der Waals surface area contributed by atoms with Gasteiger partial charge >= 0.3 is 0 Å². The summed E-state index contributed by atoms with van der Waals surface area (Å²) in [7, 11) is 5.67. The number of halogens is 1. The average Bonchev–Trinajstić information content (AvgIpc) is 3.21. The molecule has 0 radical (unpaired) electrons. The highest BCUT2D eigenvalue weighted by molar-refractivity contribution is 14.0. The van der Waals surface area contributed by atoms with Crippen LogP contribution in [0.1, 0.15) is 31.4 Å². The Morgan fingerprint density at radius 2 is 1.89 bits per heavy atom. The minimum Gasteiger partial charge on any atom is -0.497 e. The molecule has 1 heterocycles. The number of guanidine groups is 1. The summed E-state index contributed by atoms with van der Waals surface area (Å²) in [5.41, 5.74) is 1.32. The molecule has 1 unspecified atom stereocenters. The predicted molar refractivity (Wildman–Crippen MR) is 124 cm³/mol. The number of hydrogen-bond acceptors (Lipinski definition) is 4. The van der Waals surface area contributed by atoms with E-state index in [1.807, 2.05) is 19.2 Å². The zero-order valence-corrected chi connectivity index (χ0v) is 19.5. The molecule has 7 heteroatoms. The Labute approximate surface area is 181 Å². The molecule has 2 N–H and O–H groups in total. The van der Waals surface area contributed by atoms with E-state index in [-0.39, 0.29) is 24.0 Å². The lowest BCUT2D eigenvalue weighted by molar-refractivity contribution is 0.245. The molecular weight excluding hydrogens is 453 g/mol. The lowest BCUT2D eigenvalue weighted by Crippen LogP contribution is -2.44. The molecule has 154 valence electrons. The van der Waals surface area contributed by atoms with Gasteiger partial charge < -0.3 is 20.3 Å². The third kappa shape index (κ3) is 7.83. The molecule has 1 aromatic carbocycles.